The van der Waals surface area contributed by atoms with Crippen LogP contribution >= 0.6 is 0 Å². The predicted octanol–water partition coefficient (Wildman–Crippen LogP) is 3.39. The number of carbonyl (C=O) groups excluding carboxylic acids is 1. The van der Waals surface area contributed by atoms with Crippen molar-refractivity contribution in [2.45, 2.75) is 40.5 Å². The number of rotatable bonds is 0. The lowest BCUT2D eigenvalue weighted by atomic mass is 9.76. The third kappa shape index (κ3) is 1.53. The molecule has 0 aliphatic carbocycles. The van der Waals surface area contributed by atoms with Crippen LogP contribution in [0.2, 0.25) is 0 Å². The molecule has 0 radical (unpaired) electrons. The Balaban J connectivity index is 2.65. The van der Waals surface area contributed by atoms with Crippen LogP contribution < -0.4 is 5.32 Å². The average molecular weight is 217 g/mol. The largest absolute Gasteiger partial charge is 0.325 e. The molecule has 2 heteroatoms. The first-order valence-corrected chi connectivity index (χ1v) is 5.73. The molecule has 86 valence electrons. The second kappa shape index (κ2) is 3.34. The first-order valence-electron chi connectivity index (χ1n) is 5.73. The van der Waals surface area contributed by atoms with Gasteiger partial charge >= 0.3 is 0 Å². The molecule has 0 saturated heterocycles. The van der Waals surface area contributed by atoms with Gasteiger partial charge in [0.05, 0.1) is 5.92 Å². The van der Waals surface area contributed by atoms with Gasteiger partial charge in [0.25, 0.3) is 0 Å². The molecule has 1 amide bonds. The van der Waals surface area contributed by atoms with Gasteiger partial charge in [-0.2, -0.15) is 0 Å². The highest BCUT2D eigenvalue weighted by Gasteiger charge is 2.40. The minimum Gasteiger partial charge on any atom is -0.325 e. The zero-order valence-corrected chi connectivity index (χ0v) is 10.6. The minimum absolute atomic E-state index is 0.0256. The van der Waals surface area contributed by atoms with Crippen molar-refractivity contribution in [3.05, 3.63) is 28.8 Å². The molecule has 0 saturated carbocycles. The van der Waals surface area contributed by atoms with Crippen molar-refractivity contribution in [3.8, 4) is 0 Å². The monoisotopic (exact) mass is 217 g/mol. The van der Waals surface area contributed by atoms with Crippen molar-refractivity contribution in [2.75, 3.05) is 5.32 Å². The molecule has 2 rings (SSSR count). The Labute approximate surface area is 97.1 Å². The topological polar surface area (TPSA) is 29.1 Å². The Morgan fingerprint density at radius 1 is 1.12 bits per heavy atom. The number of benzene rings is 1. The summed E-state index contributed by atoms with van der Waals surface area (Å²) in [5.41, 5.74) is 4.55. The molecule has 1 atom stereocenters. The summed E-state index contributed by atoms with van der Waals surface area (Å²) in [5.74, 6) is 0.113. The smallest absolute Gasteiger partial charge is 0.232 e. The highest BCUT2D eigenvalue weighted by Crippen LogP contribution is 2.46. The van der Waals surface area contributed by atoms with Crippen LogP contribution in [0.3, 0.4) is 0 Å². The van der Waals surface area contributed by atoms with Gasteiger partial charge in [0.2, 0.25) is 5.91 Å². The number of anilines is 1. The number of amides is 1. The van der Waals surface area contributed by atoms with E-state index in [0.29, 0.717) is 0 Å². The predicted molar refractivity (Wildman–Crippen MR) is 66.7 cm³/mol. The number of hydrogen-bond donors (Lipinski definition) is 1. The number of aryl methyl sites for hydroxylation is 2. The van der Waals surface area contributed by atoms with Crippen LogP contribution in [0.5, 0.6) is 0 Å². The van der Waals surface area contributed by atoms with Crippen LogP contribution in [0.15, 0.2) is 12.1 Å². The molecule has 0 spiro atoms. The van der Waals surface area contributed by atoms with Crippen molar-refractivity contribution in [1.29, 1.82) is 0 Å². The summed E-state index contributed by atoms with van der Waals surface area (Å²) in [4.78, 5) is 12.1. The van der Waals surface area contributed by atoms with Crippen LogP contribution in [-0.2, 0) is 4.79 Å². The standard InChI is InChI=1S/C14H19NO/c1-8-6-7-9(2)12-10(8)11(13(16)15-12)14(3,4)5/h6-7,11H,1-5H3,(H,15,16). The van der Waals surface area contributed by atoms with Gasteiger partial charge in [0.1, 0.15) is 0 Å². The molecule has 16 heavy (non-hydrogen) atoms. The highest BCUT2D eigenvalue weighted by atomic mass is 16.2. The number of nitrogens with one attached hydrogen (secondary N) is 1. The van der Waals surface area contributed by atoms with Crippen LogP contribution in [0.1, 0.15) is 43.4 Å². The van der Waals surface area contributed by atoms with Gasteiger partial charge in [-0.25, -0.2) is 0 Å². The van der Waals surface area contributed by atoms with E-state index in [4.69, 9.17) is 0 Å². The summed E-state index contributed by atoms with van der Waals surface area (Å²) in [5, 5.41) is 3.02. The first-order chi connectivity index (χ1) is 7.32. The Morgan fingerprint density at radius 2 is 1.69 bits per heavy atom. The average Bonchev–Trinajstić information content (AvgIpc) is 2.49. The zero-order chi connectivity index (χ0) is 12.1. The minimum atomic E-state index is -0.0338. The molecule has 1 aromatic rings. The maximum atomic E-state index is 12.1. The summed E-state index contributed by atoms with van der Waals surface area (Å²) < 4.78 is 0. The molecule has 1 aliphatic heterocycles. The molecule has 0 aromatic heterocycles. The van der Waals surface area contributed by atoms with E-state index in [-0.39, 0.29) is 17.2 Å². The van der Waals surface area contributed by atoms with Crippen molar-refractivity contribution < 1.29 is 4.79 Å². The van der Waals surface area contributed by atoms with E-state index in [9.17, 15) is 4.79 Å². The van der Waals surface area contributed by atoms with Crippen molar-refractivity contribution >= 4 is 11.6 Å². The second-order valence-electron chi connectivity index (χ2n) is 5.78. The maximum absolute atomic E-state index is 12.1. The van der Waals surface area contributed by atoms with Gasteiger partial charge in [0, 0.05) is 5.69 Å². The molecule has 1 N–H and O–H groups in total. The maximum Gasteiger partial charge on any atom is 0.232 e. The fourth-order valence-corrected chi connectivity index (χ4v) is 2.52. The van der Waals surface area contributed by atoms with Crippen LogP contribution in [0.25, 0.3) is 0 Å². The summed E-state index contributed by atoms with van der Waals surface area (Å²) >= 11 is 0. The fourth-order valence-electron chi connectivity index (χ4n) is 2.52. The second-order valence-corrected chi connectivity index (χ2v) is 5.78. The summed E-state index contributed by atoms with van der Waals surface area (Å²) in [6, 6.07) is 4.17. The van der Waals surface area contributed by atoms with Gasteiger partial charge in [0.15, 0.2) is 0 Å². The van der Waals surface area contributed by atoms with Gasteiger partial charge in [-0.1, -0.05) is 32.9 Å². The Kier molecular flexibility index (Phi) is 2.33. The van der Waals surface area contributed by atoms with Gasteiger partial charge in [-0.05, 0) is 36.0 Å². The Bertz CT molecular complexity index is 455. The highest BCUT2D eigenvalue weighted by molar-refractivity contribution is 6.04. The van der Waals surface area contributed by atoms with E-state index in [1.54, 1.807) is 0 Å². The first kappa shape index (κ1) is 11.2. The lowest BCUT2D eigenvalue weighted by Gasteiger charge is -2.26. The van der Waals surface area contributed by atoms with Crippen molar-refractivity contribution in [3.63, 3.8) is 0 Å². The van der Waals surface area contributed by atoms with E-state index in [1.807, 2.05) is 6.92 Å². The van der Waals surface area contributed by atoms with Gasteiger partial charge < -0.3 is 5.32 Å². The molecule has 0 bridgehead atoms. The van der Waals surface area contributed by atoms with Crippen LogP contribution in [0.4, 0.5) is 5.69 Å². The molecule has 1 aromatic carbocycles. The zero-order valence-electron chi connectivity index (χ0n) is 10.6. The van der Waals surface area contributed by atoms with E-state index in [1.165, 1.54) is 11.1 Å². The molecule has 0 fully saturated rings. The Hall–Kier alpha value is -1.31. The molecular formula is C14H19NO. The third-order valence-electron chi connectivity index (χ3n) is 3.34. The van der Waals surface area contributed by atoms with Crippen LogP contribution in [0, 0.1) is 19.3 Å². The van der Waals surface area contributed by atoms with Crippen molar-refractivity contribution in [2.24, 2.45) is 5.41 Å². The third-order valence-corrected chi connectivity index (χ3v) is 3.34. The van der Waals surface area contributed by atoms with E-state index >= 15 is 0 Å². The number of fused-ring (bicyclic) bond motifs is 1. The van der Waals surface area contributed by atoms with E-state index in [2.05, 4.69) is 45.1 Å². The lowest BCUT2D eigenvalue weighted by Crippen LogP contribution is -2.25. The Morgan fingerprint density at radius 3 is 2.25 bits per heavy atom. The van der Waals surface area contributed by atoms with Gasteiger partial charge in [-0.3, -0.25) is 4.79 Å². The van der Waals surface area contributed by atoms with E-state index in [0.717, 1.165) is 11.3 Å². The fraction of sp³-hybridized carbons (Fsp3) is 0.500. The number of carbonyl (C=O) groups is 1. The molecule has 1 heterocycles. The van der Waals surface area contributed by atoms with Gasteiger partial charge in [-0.15, -0.1) is 0 Å². The van der Waals surface area contributed by atoms with Crippen LogP contribution in [-0.4, -0.2) is 5.91 Å². The molecule has 1 unspecified atom stereocenters. The lowest BCUT2D eigenvalue weighted by molar-refractivity contribution is -0.119. The number of hydrogen-bond acceptors (Lipinski definition) is 1. The summed E-state index contributed by atoms with van der Waals surface area (Å²) in [6.45, 7) is 10.5. The summed E-state index contributed by atoms with van der Waals surface area (Å²) in [6.07, 6.45) is 0. The normalized spacial score (nSPS) is 19.6. The summed E-state index contributed by atoms with van der Waals surface area (Å²) in [7, 11) is 0. The van der Waals surface area contributed by atoms with Crippen molar-refractivity contribution in [1.82, 2.24) is 0 Å². The quantitative estimate of drug-likeness (QED) is 0.709. The molecular weight excluding hydrogens is 198 g/mol. The van der Waals surface area contributed by atoms with E-state index < -0.39 is 0 Å². The molecule has 1 aliphatic rings. The molecule has 2 nitrogen and oxygen atoms in total. The SMILES string of the molecule is Cc1ccc(C)c2c1NC(=O)C2C(C)(C)C.